The van der Waals surface area contributed by atoms with Gasteiger partial charge in [-0.3, -0.25) is 9.59 Å². The van der Waals surface area contributed by atoms with E-state index in [0.717, 1.165) is 4.90 Å². The summed E-state index contributed by atoms with van der Waals surface area (Å²) in [6, 6.07) is 7.78. The van der Waals surface area contributed by atoms with Crippen LogP contribution >= 0.6 is 0 Å². The zero-order chi connectivity index (χ0) is 19.2. The second kappa shape index (κ2) is 9.11. The average molecular weight is 383 g/mol. The number of nitrogens with zero attached hydrogens (tertiary/aromatic N) is 1. The molecule has 3 N–H and O–H groups in total. The zero-order valence-corrected chi connectivity index (χ0v) is 16.0. The Kier molecular flexibility index (Phi) is 7.13. The summed E-state index contributed by atoms with van der Waals surface area (Å²) in [5, 5.41) is 5.33. The molecule has 1 heterocycles. The lowest BCUT2D eigenvalue weighted by atomic mass is 10.3. The molecule has 1 aromatic rings. The number of carbonyl (C=O) groups excluding carboxylic acids is 2. The molecule has 1 aromatic carbocycles. The first kappa shape index (κ1) is 20.3. The molecule has 2 rings (SSSR count). The van der Waals surface area contributed by atoms with Crippen LogP contribution in [0, 0.1) is 0 Å². The molecular formula is C17H27N4O4S+. The number of carbonyl (C=O) groups is 2. The van der Waals surface area contributed by atoms with Crippen molar-refractivity contribution in [2.24, 2.45) is 0 Å². The number of rotatable bonds is 7. The maximum atomic E-state index is 12.6. The molecule has 0 radical (unpaired) electrons. The van der Waals surface area contributed by atoms with E-state index in [4.69, 9.17) is 0 Å². The number of piperazine rings is 1. The number of hydrogen-bond donors (Lipinski definition) is 3. The lowest BCUT2D eigenvalue weighted by molar-refractivity contribution is -0.895. The summed E-state index contributed by atoms with van der Waals surface area (Å²) < 4.78 is 26.6. The van der Waals surface area contributed by atoms with Gasteiger partial charge in [-0.2, -0.15) is 4.31 Å². The maximum absolute atomic E-state index is 12.6. The molecule has 144 valence electrons. The predicted molar refractivity (Wildman–Crippen MR) is 97.1 cm³/mol. The first-order valence-electron chi connectivity index (χ1n) is 8.80. The maximum Gasteiger partial charge on any atom is 0.275 e. The summed E-state index contributed by atoms with van der Waals surface area (Å²) in [5.74, 6) is -0.423. The minimum absolute atomic E-state index is 0.210. The van der Waals surface area contributed by atoms with Crippen LogP contribution in [-0.4, -0.2) is 69.8 Å². The summed E-state index contributed by atoms with van der Waals surface area (Å²) in [5.41, 5.74) is 0. The van der Waals surface area contributed by atoms with E-state index in [1.807, 2.05) is 6.92 Å². The Balaban J connectivity index is 1.83. The molecule has 0 unspecified atom stereocenters. The minimum atomic E-state index is -3.48. The van der Waals surface area contributed by atoms with E-state index < -0.39 is 16.1 Å². The van der Waals surface area contributed by atoms with Crippen molar-refractivity contribution in [3.63, 3.8) is 0 Å². The van der Waals surface area contributed by atoms with Gasteiger partial charge in [0.15, 0.2) is 6.54 Å². The number of sulfonamides is 1. The number of likely N-dealkylation sites (N-methyl/N-ethyl adjacent to an activating group) is 1. The van der Waals surface area contributed by atoms with E-state index in [9.17, 15) is 18.0 Å². The van der Waals surface area contributed by atoms with Gasteiger partial charge in [0.05, 0.1) is 31.1 Å². The standard InChI is InChI=1S/C17H26N4O4S/c1-3-18-17(23)14(2)19-16(22)13-20-9-11-21(12-10-20)26(24,25)15-7-5-4-6-8-15/h4-8,14H,3,9-13H2,1-2H3,(H,18,23)(H,19,22)/p+1/t14-/m0/s1. The molecule has 1 aliphatic heterocycles. The predicted octanol–water partition coefficient (Wildman–Crippen LogP) is -1.78. The smallest absolute Gasteiger partial charge is 0.275 e. The third-order valence-electron chi connectivity index (χ3n) is 4.34. The average Bonchev–Trinajstić information content (AvgIpc) is 2.63. The fraction of sp³-hybridized carbons (Fsp3) is 0.529. The zero-order valence-electron chi connectivity index (χ0n) is 15.2. The van der Waals surface area contributed by atoms with Crippen molar-refractivity contribution in [2.75, 3.05) is 39.3 Å². The summed E-state index contributed by atoms with van der Waals surface area (Å²) in [6.07, 6.45) is 0. The van der Waals surface area contributed by atoms with Crippen LogP contribution in [0.25, 0.3) is 0 Å². The van der Waals surface area contributed by atoms with Crippen LogP contribution < -0.4 is 15.5 Å². The summed E-state index contributed by atoms with van der Waals surface area (Å²) >= 11 is 0. The van der Waals surface area contributed by atoms with Gasteiger partial charge in [0.25, 0.3) is 5.91 Å². The molecule has 1 fully saturated rings. The monoisotopic (exact) mass is 383 g/mol. The molecule has 26 heavy (non-hydrogen) atoms. The first-order chi connectivity index (χ1) is 12.3. The molecule has 8 nitrogen and oxygen atoms in total. The molecular weight excluding hydrogens is 356 g/mol. The highest BCUT2D eigenvalue weighted by atomic mass is 32.2. The number of benzene rings is 1. The van der Waals surface area contributed by atoms with E-state index in [1.165, 1.54) is 4.31 Å². The number of nitrogens with one attached hydrogen (secondary N) is 3. The molecule has 1 atom stereocenters. The highest BCUT2D eigenvalue weighted by molar-refractivity contribution is 7.89. The Labute approximate surface area is 154 Å². The van der Waals surface area contributed by atoms with Crippen LogP contribution in [0.1, 0.15) is 13.8 Å². The van der Waals surface area contributed by atoms with Crippen LogP contribution in [0.2, 0.25) is 0 Å². The highest BCUT2D eigenvalue weighted by Gasteiger charge is 2.31. The van der Waals surface area contributed by atoms with Crippen LogP contribution in [0.4, 0.5) is 0 Å². The number of quaternary nitrogens is 1. The second-order valence-corrected chi connectivity index (χ2v) is 8.27. The molecule has 1 aliphatic rings. The van der Waals surface area contributed by atoms with Crippen molar-refractivity contribution in [1.82, 2.24) is 14.9 Å². The largest absolute Gasteiger partial charge is 0.355 e. The molecule has 2 amide bonds. The van der Waals surface area contributed by atoms with Gasteiger partial charge in [0, 0.05) is 6.54 Å². The minimum Gasteiger partial charge on any atom is -0.355 e. The van der Waals surface area contributed by atoms with Crippen molar-refractivity contribution in [3.05, 3.63) is 30.3 Å². The van der Waals surface area contributed by atoms with Crippen molar-refractivity contribution >= 4 is 21.8 Å². The van der Waals surface area contributed by atoms with Gasteiger partial charge in [-0.1, -0.05) is 18.2 Å². The van der Waals surface area contributed by atoms with Gasteiger partial charge >= 0.3 is 0 Å². The van der Waals surface area contributed by atoms with E-state index in [-0.39, 0.29) is 23.3 Å². The van der Waals surface area contributed by atoms with Gasteiger partial charge in [-0.25, -0.2) is 8.42 Å². The van der Waals surface area contributed by atoms with E-state index in [1.54, 1.807) is 37.3 Å². The van der Waals surface area contributed by atoms with Crippen molar-refractivity contribution in [2.45, 2.75) is 24.8 Å². The Morgan fingerprint density at radius 1 is 1.19 bits per heavy atom. The Bertz CT molecular complexity index is 716. The number of amides is 2. The van der Waals surface area contributed by atoms with Crippen molar-refractivity contribution in [1.29, 1.82) is 0 Å². The van der Waals surface area contributed by atoms with Crippen LogP contribution in [0.15, 0.2) is 35.2 Å². The fourth-order valence-corrected chi connectivity index (χ4v) is 4.34. The van der Waals surface area contributed by atoms with E-state index in [2.05, 4.69) is 10.6 Å². The van der Waals surface area contributed by atoms with Gasteiger partial charge in [0.1, 0.15) is 6.04 Å². The van der Waals surface area contributed by atoms with Gasteiger partial charge in [-0.05, 0) is 26.0 Å². The molecule has 9 heteroatoms. The lowest BCUT2D eigenvalue weighted by Crippen LogP contribution is -3.15. The highest BCUT2D eigenvalue weighted by Crippen LogP contribution is 2.14. The first-order valence-corrected chi connectivity index (χ1v) is 10.2. The van der Waals surface area contributed by atoms with Crippen LogP contribution in [0.3, 0.4) is 0 Å². The normalized spacial score (nSPS) is 17.5. The topological polar surface area (TPSA) is 100 Å². The van der Waals surface area contributed by atoms with Gasteiger partial charge < -0.3 is 15.5 Å². The molecule has 1 saturated heterocycles. The third kappa shape index (κ3) is 5.26. The summed E-state index contributed by atoms with van der Waals surface area (Å²) in [4.78, 5) is 25.0. The molecule has 0 aromatic heterocycles. The van der Waals surface area contributed by atoms with Crippen molar-refractivity contribution in [3.8, 4) is 0 Å². The SMILES string of the molecule is CCNC(=O)[C@H](C)NC(=O)C[NH+]1CCN(S(=O)(=O)c2ccccc2)CC1. The number of hydrogen-bond acceptors (Lipinski definition) is 4. The molecule has 0 aliphatic carbocycles. The Morgan fingerprint density at radius 3 is 2.38 bits per heavy atom. The fourth-order valence-electron chi connectivity index (χ4n) is 2.87. The molecule has 0 saturated carbocycles. The second-order valence-electron chi connectivity index (χ2n) is 6.33. The Hall–Kier alpha value is -1.97. The van der Waals surface area contributed by atoms with Crippen molar-refractivity contribution < 1.29 is 22.9 Å². The summed E-state index contributed by atoms with van der Waals surface area (Å²) in [6.45, 7) is 6.04. The van der Waals surface area contributed by atoms with E-state index in [0.29, 0.717) is 32.7 Å². The third-order valence-corrected chi connectivity index (χ3v) is 6.26. The molecule has 0 spiro atoms. The van der Waals surface area contributed by atoms with Crippen LogP contribution in [-0.2, 0) is 19.6 Å². The Morgan fingerprint density at radius 2 is 1.81 bits per heavy atom. The summed E-state index contributed by atoms with van der Waals surface area (Å²) in [7, 11) is -3.48. The lowest BCUT2D eigenvalue weighted by Gasteiger charge is -2.31. The van der Waals surface area contributed by atoms with E-state index >= 15 is 0 Å². The van der Waals surface area contributed by atoms with Crippen LogP contribution in [0.5, 0.6) is 0 Å². The molecule has 0 bridgehead atoms. The quantitative estimate of drug-likeness (QED) is 0.518. The van der Waals surface area contributed by atoms with Gasteiger partial charge in [0.2, 0.25) is 15.9 Å². The van der Waals surface area contributed by atoms with Gasteiger partial charge in [-0.15, -0.1) is 0 Å².